The molecule has 0 aromatic carbocycles. The highest BCUT2D eigenvalue weighted by Crippen LogP contribution is 2.18. The third kappa shape index (κ3) is 3.28. The average molecular weight is 249 g/mol. The molecule has 4 heteroatoms. The van der Waals surface area contributed by atoms with Crippen LogP contribution in [0.5, 0.6) is 0 Å². The molecular weight excluding hydrogens is 226 g/mol. The van der Waals surface area contributed by atoms with Gasteiger partial charge in [-0.1, -0.05) is 6.07 Å². The molecule has 2 unspecified atom stereocenters. The molecule has 100 valence electrons. The lowest BCUT2D eigenvalue weighted by atomic mass is 10.0. The molecule has 0 aliphatic carbocycles. The van der Waals surface area contributed by atoms with Crippen molar-refractivity contribution in [2.75, 3.05) is 26.7 Å². The molecule has 0 radical (unpaired) electrons. The van der Waals surface area contributed by atoms with E-state index in [4.69, 9.17) is 0 Å². The van der Waals surface area contributed by atoms with Crippen molar-refractivity contribution in [2.45, 2.75) is 32.0 Å². The van der Waals surface area contributed by atoms with Gasteiger partial charge in [-0.2, -0.15) is 0 Å². The molecule has 1 N–H and O–H groups in total. The van der Waals surface area contributed by atoms with Crippen LogP contribution in [-0.2, 0) is 6.54 Å². The summed E-state index contributed by atoms with van der Waals surface area (Å²) in [7, 11) is 2.16. The van der Waals surface area contributed by atoms with Gasteiger partial charge in [-0.05, 0) is 32.0 Å². The van der Waals surface area contributed by atoms with Gasteiger partial charge in [-0.15, -0.1) is 0 Å². The minimum absolute atomic E-state index is 0.260. The minimum atomic E-state index is 0.260. The number of hydrogen-bond donors (Lipinski definition) is 1. The van der Waals surface area contributed by atoms with Crippen LogP contribution in [0.15, 0.2) is 24.5 Å². The molecule has 2 heterocycles. The monoisotopic (exact) mass is 249 g/mol. The van der Waals surface area contributed by atoms with Gasteiger partial charge in [0.2, 0.25) is 0 Å². The van der Waals surface area contributed by atoms with E-state index in [1.165, 1.54) is 5.56 Å². The predicted octanol–water partition coefficient (Wildman–Crippen LogP) is 0.968. The van der Waals surface area contributed by atoms with Crippen LogP contribution in [0.4, 0.5) is 0 Å². The number of rotatable bonds is 4. The lowest BCUT2D eigenvalue weighted by Gasteiger charge is -2.43. The molecule has 1 aliphatic heterocycles. The molecule has 0 spiro atoms. The molecule has 1 aromatic rings. The van der Waals surface area contributed by atoms with Crippen LogP contribution in [0.2, 0.25) is 0 Å². The standard InChI is InChI=1S/C14H23N3O/c1-12-9-17(10-13-4-3-6-15-8-13)14(5-7-18)11-16(12)2/h3-4,6,8,12,14,18H,5,7,9-11H2,1-2H3. The Morgan fingerprint density at radius 3 is 2.94 bits per heavy atom. The summed E-state index contributed by atoms with van der Waals surface area (Å²) in [4.78, 5) is 9.01. The number of likely N-dealkylation sites (N-methyl/N-ethyl adjacent to an activating group) is 1. The maximum Gasteiger partial charge on any atom is 0.0446 e. The second-order valence-electron chi connectivity index (χ2n) is 5.25. The Morgan fingerprint density at radius 2 is 2.28 bits per heavy atom. The Labute approximate surface area is 109 Å². The smallest absolute Gasteiger partial charge is 0.0446 e. The first kappa shape index (κ1) is 13.5. The first-order valence-electron chi connectivity index (χ1n) is 6.64. The van der Waals surface area contributed by atoms with Gasteiger partial charge in [0.25, 0.3) is 0 Å². The molecule has 2 atom stereocenters. The second-order valence-corrected chi connectivity index (χ2v) is 5.25. The topological polar surface area (TPSA) is 39.6 Å². The van der Waals surface area contributed by atoms with Gasteiger partial charge in [0.05, 0.1) is 0 Å². The zero-order valence-corrected chi connectivity index (χ0v) is 11.3. The Kier molecular flexibility index (Phi) is 4.69. The van der Waals surface area contributed by atoms with Crippen molar-refractivity contribution in [3.8, 4) is 0 Å². The van der Waals surface area contributed by atoms with Crippen molar-refractivity contribution < 1.29 is 5.11 Å². The number of aliphatic hydroxyl groups excluding tert-OH is 1. The quantitative estimate of drug-likeness (QED) is 0.863. The van der Waals surface area contributed by atoms with Crippen molar-refractivity contribution in [3.63, 3.8) is 0 Å². The third-order valence-corrected chi connectivity index (χ3v) is 3.84. The summed E-state index contributed by atoms with van der Waals surface area (Å²) >= 11 is 0. The lowest BCUT2D eigenvalue weighted by molar-refractivity contribution is 0.0337. The highest BCUT2D eigenvalue weighted by Gasteiger charge is 2.28. The fourth-order valence-electron chi connectivity index (χ4n) is 2.60. The first-order chi connectivity index (χ1) is 8.70. The summed E-state index contributed by atoms with van der Waals surface area (Å²) in [6, 6.07) is 5.11. The van der Waals surface area contributed by atoms with E-state index in [-0.39, 0.29) is 6.61 Å². The van der Waals surface area contributed by atoms with Crippen molar-refractivity contribution >= 4 is 0 Å². The number of pyridine rings is 1. The highest BCUT2D eigenvalue weighted by molar-refractivity contribution is 5.09. The molecule has 18 heavy (non-hydrogen) atoms. The van der Waals surface area contributed by atoms with E-state index in [1.54, 1.807) is 6.20 Å². The molecule has 1 aliphatic rings. The summed E-state index contributed by atoms with van der Waals surface area (Å²) in [5.74, 6) is 0. The summed E-state index contributed by atoms with van der Waals surface area (Å²) < 4.78 is 0. The largest absolute Gasteiger partial charge is 0.396 e. The van der Waals surface area contributed by atoms with Crippen LogP contribution in [0.25, 0.3) is 0 Å². The molecule has 0 amide bonds. The number of aromatic nitrogens is 1. The Bertz CT molecular complexity index is 357. The number of nitrogens with zero attached hydrogens (tertiary/aromatic N) is 3. The van der Waals surface area contributed by atoms with Gasteiger partial charge in [-0.3, -0.25) is 9.88 Å². The molecule has 1 saturated heterocycles. The van der Waals surface area contributed by atoms with Crippen molar-refractivity contribution in [1.29, 1.82) is 0 Å². The van der Waals surface area contributed by atoms with E-state index in [0.717, 1.165) is 26.1 Å². The number of hydrogen-bond acceptors (Lipinski definition) is 4. The van der Waals surface area contributed by atoms with E-state index in [2.05, 4.69) is 34.8 Å². The zero-order valence-electron chi connectivity index (χ0n) is 11.3. The molecule has 1 aromatic heterocycles. The van der Waals surface area contributed by atoms with E-state index in [1.807, 2.05) is 12.3 Å². The maximum absolute atomic E-state index is 9.20. The summed E-state index contributed by atoms with van der Waals surface area (Å²) in [6.07, 6.45) is 4.58. The maximum atomic E-state index is 9.20. The van der Waals surface area contributed by atoms with E-state index in [9.17, 15) is 5.11 Å². The van der Waals surface area contributed by atoms with Crippen LogP contribution < -0.4 is 0 Å². The Morgan fingerprint density at radius 1 is 1.44 bits per heavy atom. The third-order valence-electron chi connectivity index (χ3n) is 3.84. The van der Waals surface area contributed by atoms with E-state index < -0.39 is 0 Å². The summed E-state index contributed by atoms with van der Waals surface area (Å²) in [5.41, 5.74) is 1.25. The van der Waals surface area contributed by atoms with E-state index in [0.29, 0.717) is 12.1 Å². The lowest BCUT2D eigenvalue weighted by Crippen LogP contribution is -2.55. The fraction of sp³-hybridized carbons (Fsp3) is 0.643. The molecular formula is C14H23N3O. The van der Waals surface area contributed by atoms with Crippen LogP contribution in [0, 0.1) is 0 Å². The van der Waals surface area contributed by atoms with Gasteiger partial charge in [0.15, 0.2) is 0 Å². The van der Waals surface area contributed by atoms with Crippen LogP contribution in [-0.4, -0.2) is 58.7 Å². The molecule has 1 fully saturated rings. The number of aliphatic hydroxyl groups is 1. The number of piperazine rings is 1. The average Bonchev–Trinajstić information content (AvgIpc) is 2.37. The van der Waals surface area contributed by atoms with Crippen molar-refractivity contribution in [2.24, 2.45) is 0 Å². The van der Waals surface area contributed by atoms with Gasteiger partial charge in [0.1, 0.15) is 0 Å². The fourth-order valence-corrected chi connectivity index (χ4v) is 2.60. The minimum Gasteiger partial charge on any atom is -0.396 e. The van der Waals surface area contributed by atoms with Gasteiger partial charge in [0, 0.05) is 50.7 Å². The van der Waals surface area contributed by atoms with Gasteiger partial charge < -0.3 is 10.0 Å². The van der Waals surface area contributed by atoms with E-state index >= 15 is 0 Å². The highest BCUT2D eigenvalue weighted by atomic mass is 16.3. The first-order valence-corrected chi connectivity index (χ1v) is 6.64. The van der Waals surface area contributed by atoms with Crippen LogP contribution in [0.1, 0.15) is 18.9 Å². The van der Waals surface area contributed by atoms with Gasteiger partial charge >= 0.3 is 0 Å². The van der Waals surface area contributed by atoms with Gasteiger partial charge in [-0.25, -0.2) is 0 Å². The Hall–Kier alpha value is -0.970. The van der Waals surface area contributed by atoms with Crippen LogP contribution in [0.3, 0.4) is 0 Å². The second kappa shape index (κ2) is 6.27. The van der Waals surface area contributed by atoms with Crippen molar-refractivity contribution in [1.82, 2.24) is 14.8 Å². The molecule has 0 bridgehead atoms. The predicted molar refractivity (Wildman–Crippen MR) is 72.2 cm³/mol. The summed E-state index contributed by atoms with van der Waals surface area (Å²) in [5, 5.41) is 9.20. The molecule has 0 saturated carbocycles. The zero-order chi connectivity index (χ0) is 13.0. The molecule has 2 rings (SSSR count). The summed E-state index contributed by atoms with van der Waals surface area (Å²) in [6.45, 7) is 5.52. The van der Waals surface area contributed by atoms with Crippen molar-refractivity contribution in [3.05, 3.63) is 30.1 Å². The Balaban J connectivity index is 2.03. The molecule has 4 nitrogen and oxygen atoms in total. The SMILES string of the molecule is CC1CN(Cc2cccnc2)C(CCO)CN1C. The normalized spacial score (nSPS) is 26.4. The van der Waals surface area contributed by atoms with Crippen LogP contribution >= 0.6 is 0 Å².